The van der Waals surface area contributed by atoms with E-state index in [2.05, 4.69) is 0 Å². The fraction of sp³-hybridized carbons (Fsp3) is 0.800. The maximum atomic E-state index is 11.7. The molecule has 1 saturated heterocycles. The first-order valence-corrected chi connectivity index (χ1v) is 4.62. The van der Waals surface area contributed by atoms with Gasteiger partial charge in [0, 0.05) is 18.4 Å². The Morgan fingerprint density at radius 2 is 1.69 bits per heavy atom. The molecule has 0 N–H and O–H groups in total. The van der Waals surface area contributed by atoms with Crippen molar-refractivity contribution in [1.82, 2.24) is 4.90 Å². The van der Waals surface area contributed by atoms with Gasteiger partial charge < -0.3 is 0 Å². The van der Waals surface area contributed by atoms with E-state index in [-0.39, 0.29) is 23.7 Å². The summed E-state index contributed by atoms with van der Waals surface area (Å²) in [6, 6.07) is 0. The second-order valence-corrected chi connectivity index (χ2v) is 4.50. The molecule has 13 heavy (non-hydrogen) atoms. The van der Waals surface area contributed by atoms with Gasteiger partial charge in [0.05, 0.1) is 0 Å². The minimum absolute atomic E-state index is 0.0577. The molecular weight excluding hydrogens is 166 g/mol. The van der Waals surface area contributed by atoms with Crippen LogP contribution in [0.2, 0.25) is 0 Å². The molecule has 3 heteroatoms. The van der Waals surface area contributed by atoms with E-state index in [1.54, 1.807) is 7.05 Å². The second kappa shape index (κ2) is 2.82. The Hall–Kier alpha value is -0.860. The van der Waals surface area contributed by atoms with Gasteiger partial charge in [0.1, 0.15) is 0 Å². The Labute approximate surface area is 79.1 Å². The fourth-order valence-electron chi connectivity index (χ4n) is 1.87. The number of carbonyl (C=O) groups is 2. The van der Waals surface area contributed by atoms with Gasteiger partial charge in [-0.3, -0.25) is 14.5 Å². The van der Waals surface area contributed by atoms with E-state index in [0.29, 0.717) is 0 Å². The van der Waals surface area contributed by atoms with Gasteiger partial charge in [-0.2, -0.15) is 0 Å². The van der Waals surface area contributed by atoms with Crippen LogP contribution in [-0.4, -0.2) is 23.8 Å². The number of likely N-dealkylation sites (tertiary alicyclic amines) is 1. The molecule has 74 valence electrons. The molecule has 0 aromatic rings. The molecule has 1 rings (SSSR count). The number of carbonyl (C=O) groups excluding carboxylic acids is 2. The van der Waals surface area contributed by atoms with Crippen molar-refractivity contribution in [3.05, 3.63) is 0 Å². The van der Waals surface area contributed by atoms with Crippen molar-refractivity contribution in [2.45, 2.75) is 27.7 Å². The Kier molecular flexibility index (Phi) is 2.22. The van der Waals surface area contributed by atoms with Gasteiger partial charge >= 0.3 is 0 Å². The van der Waals surface area contributed by atoms with Gasteiger partial charge in [-0.05, 0) is 5.92 Å². The lowest BCUT2D eigenvalue weighted by molar-refractivity contribution is -0.162. The topological polar surface area (TPSA) is 37.4 Å². The van der Waals surface area contributed by atoms with Crippen molar-refractivity contribution in [3.8, 4) is 0 Å². The van der Waals surface area contributed by atoms with Crippen LogP contribution < -0.4 is 0 Å². The standard InChI is InChI=1S/C10H17NO2/c1-6-7(2)10(3,4)9(13)11(5)8(6)12/h6-7H,1-5H3. The fourth-order valence-corrected chi connectivity index (χ4v) is 1.87. The maximum Gasteiger partial charge on any atom is 0.234 e. The van der Waals surface area contributed by atoms with E-state index in [9.17, 15) is 9.59 Å². The van der Waals surface area contributed by atoms with E-state index < -0.39 is 5.41 Å². The molecule has 3 nitrogen and oxygen atoms in total. The molecule has 0 bridgehead atoms. The highest BCUT2D eigenvalue weighted by atomic mass is 16.2. The monoisotopic (exact) mass is 183 g/mol. The average molecular weight is 183 g/mol. The number of rotatable bonds is 0. The van der Waals surface area contributed by atoms with Crippen LogP contribution in [0, 0.1) is 17.3 Å². The zero-order chi connectivity index (χ0) is 10.4. The van der Waals surface area contributed by atoms with Gasteiger partial charge in [-0.25, -0.2) is 0 Å². The SMILES string of the molecule is CC1C(=O)N(C)C(=O)C(C)(C)C1C. The molecule has 1 heterocycles. The average Bonchev–Trinajstić information content (AvgIpc) is 2.09. The summed E-state index contributed by atoms with van der Waals surface area (Å²) in [6.45, 7) is 7.66. The summed E-state index contributed by atoms with van der Waals surface area (Å²) < 4.78 is 0. The minimum Gasteiger partial charge on any atom is -0.285 e. The molecular formula is C10H17NO2. The van der Waals surface area contributed by atoms with Gasteiger partial charge in [-0.1, -0.05) is 27.7 Å². The molecule has 0 spiro atoms. The summed E-state index contributed by atoms with van der Waals surface area (Å²) in [5.74, 6) is -0.0682. The van der Waals surface area contributed by atoms with Crippen molar-refractivity contribution < 1.29 is 9.59 Å². The van der Waals surface area contributed by atoms with Crippen molar-refractivity contribution in [3.63, 3.8) is 0 Å². The molecule has 1 aliphatic rings. The van der Waals surface area contributed by atoms with Crippen LogP contribution in [0.1, 0.15) is 27.7 Å². The number of hydrogen-bond acceptors (Lipinski definition) is 2. The van der Waals surface area contributed by atoms with E-state index >= 15 is 0 Å². The summed E-state index contributed by atoms with van der Waals surface area (Å²) in [5, 5.41) is 0. The molecule has 0 saturated carbocycles. The predicted octanol–water partition coefficient (Wildman–Crippen LogP) is 1.28. The minimum atomic E-state index is -0.415. The molecule has 2 amide bonds. The lowest BCUT2D eigenvalue weighted by Gasteiger charge is -2.42. The zero-order valence-corrected chi connectivity index (χ0v) is 8.92. The quantitative estimate of drug-likeness (QED) is 0.530. The van der Waals surface area contributed by atoms with Crippen LogP contribution in [0.5, 0.6) is 0 Å². The summed E-state index contributed by atoms with van der Waals surface area (Å²) >= 11 is 0. The third-order valence-electron chi connectivity index (χ3n) is 3.46. The van der Waals surface area contributed by atoms with Crippen molar-refractivity contribution in [1.29, 1.82) is 0 Å². The van der Waals surface area contributed by atoms with Crippen LogP contribution in [0.15, 0.2) is 0 Å². The smallest absolute Gasteiger partial charge is 0.234 e. The molecule has 2 atom stereocenters. The number of hydrogen-bond donors (Lipinski definition) is 0. The van der Waals surface area contributed by atoms with Crippen LogP contribution >= 0.6 is 0 Å². The largest absolute Gasteiger partial charge is 0.285 e. The first-order valence-electron chi connectivity index (χ1n) is 4.62. The maximum absolute atomic E-state index is 11.7. The van der Waals surface area contributed by atoms with Crippen molar-refractivity contribution in [2.75, 3.05) is 7.05 Å². The van der Waals surface area contributed by atoms with Gasteiger partial charge in [0.25, 0.3) is 0 Å². The Morgan fingerprint density at radius 3 is 2.15 bits per heavy atom. The van der Waals surface area contributed by atoms with Crippen LogP contribution in [0.4, 0.5) is 0 Å². The molecule has 0 aromatic carbocycles. The van der Waals surface area contributed by atoms with E-state index in [1.807, 2.05) is 27.7 Å². The van der Waals surface area contributed by atoms with Gasteiger partial charge in [0.2, 0.25) is 11.8 Å². The summed E-state index contributed by atoms with van der Waals surface area (Å²) in [4.78, 5) is 24.5. The molecule has 0 radical (unpaired) electrons. The Balaban J connectivity index is 3.07. The third kappa shape index (κ3) is 1.26. The normalized spacial score (nSPS) is 33.8. The first-order chi connectivity index (χ1) is 5.80. The summed E-state index contributed by atoms with van der Waals surface area (Å²) in [5.41, 5.74) is -0.415. The zero-order valence-electron chi connectivity index (χ0n) is 8.92. The third-order valence-corrected chi connectivity index (χ3v) is 3.46. The molecule has 2 unspecified atom stereocenters. The Bertz CT molecular complexity index is 258. The van der Waals surface area contributed by atoms with Crippen LogP contribution in [-0.2, 0) is 9.59 Å². The highest BCUT2D eigenvalue weighted by Crippen LogP contribution is 2.38. The number of piperidine rings is 1. The summed E-state index contributed by atoms with van der Waals surface area (Å²) in [6.07, 6.45) is 0. The number of imide groups is 1. The van der Waals surface area contributed by atoms with E-state index in [0.717, 1.165) is 0 Å². The van der Waals surface area contributed by atoms with Gasteiger partial charge in [-0.15, -0.1) is 0 Å². The number of nitrogens with zero attached hydrogens (tertiary/aromatic N) is 1. The lowest BCUT2D eigenvalue weighted by Crippen LogP contribution is -2.55. The van der Waals surface area contributed by atoms with Crippen LogP contribution in [0.25, 0.3) is 0 Å². The molecule has 0 aliphatic carbocycles. The Morgan fingerprint density at radius 1 is 1.23 bits per heavy atom. The summed E-state index contributed by atoms with van der Waals surface area (Å²) in [7, 11) is 1.56. The first kappa shape index (κ1) is 10.2. The lowest BCUT2D eigenvalue weighted by atomic mass is 9.69. The van der Waals surface area contributed by atoms with Crippen molar-refractivity contribution in [2.24, 2.45) is 17.3 Å². The predicted molar refractivity (Wildman–Crippen MR) is 49.9 cm³/mol. The second-order valence-electron chi connectivity index (χ2n) is 4.50. The highest BCUT2D eigenvalue weighted by Gasteiger charge is 2.47. The van der Waals surface area contributed by atoms with Crippen molar-refractivity contribution >= 4 is 11.8 Å². The molecule has 0 aromatic heterocycles. The van der Waals surface area contributed by atoms with Crippen LogP contribution in [0.3, 0.4) is 0 Å². The van der Waals surface area contributed by atoms with E-state index in [4.69, 9.17) is 0 Å². The number of amides is 2. The molecule has 1 fully saturated rings. The van der Waals surface area contributed by atoms with E-state index in [1.165, 1.54) is 4.90 Å². The highest BCUT2D eigenvalue weighted by molar-refractivity contribution is 6.01. The molecule has 1 aliphatic heterocycles. The van der Waals surface area contributed by atoms with Gasteiger partial charge in [0.15, 0.2) is 0 Å².